The molecule has 4 rings (SSSR count). The van der Waals surface area contributed by atoms with Crippen LogP contribution in [0.1, 0.15) is 22.8 Å². The van der Waals surface area contributed by atoms with Crippen molar-refractivity contribution >= 4 is 52.1 Å². The Kier molecular flexibility index (Phi) is 5.07. The van der Waals surface area contributed by atoms with Crippen molar-refractivity contribution in [2.45, 2.75) is 17.2 Å². The molecule has 1 aliphatic heterocycles. The minimum absolute atomic E-state index is 0.0677. The van der Waals surface area contributed by atoms with Gasteiger partial charge in [-0.05, 0) is 42.2 Å². The van der Waals surface area contributed by atoms with Crippen molar-refractivity contribution in [2.24, 2.45) is 7.05 Å². The van der Waals surface area contributed by atoms with Crippen molar-refractivity contribution in [2.75, 3.05) is 11.2 Å². The third-order valence-electron chi connectivity index (χ3n) is 4.85. The lowest BCUT2D eigenvalue weighted by atomic mass is 9.90. The van der Waals surface area contributed by atoms with Gasteiger partial charge in [0.15, 0.2) is 0 Å². The Hall–Kier alpha value is -2.09. The lowest BCUT2D eigenvalue weighted by Gasteiger charge is -2.32. The Labute approximate surface area is 174 Å². The molecule has 1 amide bonds. The minimum atomic E-state index is -0.555. The summed E-state index contributed by atoms with van der Waals surface area (Å²) in [5.74, 6) is -0.388. The number of hydrogen-bond donors (Lipinski definition) is 0. The number of thiazole rings is 1. The summed E-state index contributed by atoms with van der Waals surface area (Å²) in [5, 5.41) is -0.0677. The van der Waals surface area contributed by atoms with Crippen LogP contribution in [0.2, 0.25) is 5.02 Å². The van der Waals surface area contributed by atoms with E-state index >= 15 is 0 Å². The molecule has 2 aromatic carbocycles. The van der Waals surface area contributed by atoms with Crippen LogP contribution in [0.4, 0.5) is 15.9 Å². The van der Waals surface area contributed by atoms with Crippen LogP contribution in [0.15, 0.2) is 52.2 Å². The molecule has 0 bridgehead atoms. The van der Waals surface area contributed by atoms with E-state index in [9.17, 15) is 14.0 Å². The first-order chi connectivity index (χ1) is 13.4. The van der Waals surface area contributed by atoms with Crippen LogP contribution in [-0.4, -0.2) is 16.7 Å². The van der Waals surface area contributed by atoms with E-state index in [1.165, 1.54) is 27.7 Å². The van der Waals surface area contributed by atoms with E-state index in [0.717, 1.165) is 26.7 Å². The Morgan fingerprint density at radius 2 is 1.89 bits per heavy atom. The number of carbonyl (C=O) groups excluding carboxylic acids is 1. The van der Waals surface area contributed by atoms with Crippen molar-refractivity contribution in [3.8, 4) is 0 Å². The number of hydrogen-bond acceptors (Lipinski definition) is 4. The molecule has 0 unspecified atom stereocenters. The summed E-state index contributed by atoms with van der Waals surface area (Å²) >= 11 is 8.71. The van der Waals surface area contributed by atoms with Crippen molar-refractivity contribution in [1.29, 1.82) is 0 Å². The van der Waals surface area contributed by atoms with Gasteiger partial charge in [-0.3, -0.25) is 19.1 Å². The van der Waals surface area contributed by atoms with Crippen LogP contribution in [0.3, 0.4) is 0 Å². The average Bonchev–Trinajstić information content (AvgIpc) is 2.98. The third-order valence-corrected chi connectivity index (χ3v) is 7.01. The van der Waals surface area contributed by atoms with Gasteiger partial charge in [-0.1, -0.05) is 35.1 Å². The highest BCUT2D eigenvalue weighted by molar-refractivity contribution is 7.98. The SMILES string of the molecule is CSc1ccc([C@H]2CC(=O)N(c3ccc(F)c(Cl)c3)c3c2sc(=O)n3C)cc1. The van der Waals surface area contributed by atoms with Gasteiger partial charge in [0.05, 0.1) is 15.6 Å². The Balaban J connectivity index is 1.86. The normalized spacial score (nSPS) is 16.4. The standard InChI is InChI=1S/C20H16ClFN2O2S2/c1-23-19-18(28-20(23)26)14(11-3-6-13(27-2)7-4-11)10-17(25)24(19)12-5-8-16(22)15(21)9-12/h3-9,14H,10H2,1-2H3/t14-/m1/s1. The Morgan fingerprint density at radius 1 is 1.18 bits per heavy atom. The zero-order valence-electron chi connectivity index (χ0n) is 15.1. The number of halogens is 2. The largest absolute Gasteiger partial charge is 0.308 e. The number of fused-ring (bicyclic) bond motifs is 1. The zero-order chi connectivity index (χ0) is 20.0. The smallest absolute Gasteiger partial charge is 0.288 e. The van der Waals surface area contributed by atoms with Gasteiger partial charge in [-0.15, -0.1) is 11.8 Å². The van der Waals surface area contributed by atoms with Gasteiger partial charge in [0, 0.05) is 24.3 Å². The molecule has 0 saturated carbocycles. The molecule has 0 saturated heterocycles. The molecule has 0 fully saturated rings. The van der Waals surface area contributed by atoms with Crippen LogP contribution >= 0.6 is 34.7 Å². The van der Waals surface area contributed by atoms with Gasteiger partial charge in [-0.25, -0.2) is 4.39 Å². The highest BCUT2D eigenvalue weighted by Crippen LogP contribution is 2.45. The number of carbonyl (C=O) groups is 1. The van der Waals surface area contributed by atoms with Crippen molar-refractivity contribution in [1.82, 2.24) is 4.57 Å². The summed E-state index contributed by atoms with van der Waals surface area (Å²) < 4.78 is 15.1. The first-order valence-electron chi connectivity index (χ1n) is 8.52. The molecule has 144 valence electrons. The molecule has 0 N–H and O–H groups in total. The summed E-state index contributed by atoms with van der Waals surface area (Å²) in [7, 11) is 1.64. The molecular formula is C20H16ClFN2O2S2. The van der Waals surface area contributed by atoms with Gasteiger partial charge >= 0.3 is 4.87 Å². The molecular weight excluding hydrogens is 419 g/mol. The van der Waals surface area contributed by atoms with Crippen molar-refractivity contribution < 1.29 is 9.18 Å². The van der Waals surface area contributed by atoms with Gasteiger partial charge in [0.1, 0.15) is 11.6 Å². The van der Waals surface area contributed by atoms with E-state index in [0.29, 0.717) is 11.5 Å². The van der Waals surface area contributed by atoms with E-state index in [-0.39, 0.29) is 28.1 Å². The number of thioether (sulfide) groups is 1. The topological polar surface area (TPSA) is 42.3 Å². The molecule has 4 nitrogen and oxygen atoms in total. The Bertz CT molecular complexity index is 1120. The van der Waals surface area contributed by atoms with Crippen LogP contribution in [0, 0.1) is 5.82 Å². The zero-order valence-corrected chi connectivity index (χ0v) is 17.5. The summed E-state index contributed by atoms with van der Waals surface area (Å²) in [6.45, 7) is 0. The van der Waals surface area contributed by atoms with Gasteiger partial charge in [0.25, 0.3) is 0 Å². The number of aromatic nitrogens is 1. The minimum Gasteiger partial charge on any atom is -0.288 e. The molecule has 28 heavy (non-hydrogen) atoms. The van der Waals surface area contributed by atoms with Crippen molar-refractivity contribution in [3.63, 3.8) is 0 Å². The molecule has 8 heteroatoms. The van der Waals surface area contributed by atoms with E-state index in [1.807, 2.05) is 30.5 Å². The number of benzene rings is 2. The van der Waals surface area contributed by atoms with Crippen LogP contribution in [0.25, 0.3) is 0 Å². The van der Waals surface area contributed by atoms with Crippen LogP contribution < -0.4 is 9.77 Å². The predicted molar refractivity (Wildman–Crippen MR) is 113 cm³/mol. The number of anilines is 2. The summed E-state index contributed by atoms with van der Waals surface area (Å²) in [4.78, 5) is 28.8. The van der Waals surface area contributed by atoms with Crippen LogP contribution in [-0.2, 0) is 11.8 Å². The quantitative estimate of drug-likeness (QED) is 0.534. The maximum Gasteiger partial charge on any atom is 0.308 e. The van der Waals surface area contributed by atoms with E-state index in [1.54, 1.807) is 18.8 Å². The summed E-state index contributed by atoms with van der Waals surface area (Å²) in [6.07, 6.45) is 2.23. The predicted octanol–water partition coefficient (Wildman–Crippen LogP) is 5.16. The van der Waals surface area contributed by atoms with Crippen molar-refractivity contribution in [3.05, 3.63) is 73.4 Å². The second-order valence-corrected chi connectivity index (χ2v) is 8.75. The second kappa shape index (κ2) is 7.39. The number of rotatable bonds is 3. The van der Waals surface area contributed by atoms with Crippen LogP contribution in [0.5, 0.6) is 0 Å². The second-order valence-electron chi connectivity index (χ2n) is 6.47. The maximum absolute atomic E-state index is 13.6. The fourth-order valence-electron chi connectivity index (χ4n) is 3.42. The van der Waals surface area contributed by atoms with Gasteiger partial charge in [0.2, 0.25) is 5.91 Å². The summed E-state index contributed by atoms with van der Waals surface area (Å²) in [5.41, 5.74) is 1.44. The Morgan fingerprint density at radius 3 is 2.54 bits per heavy atom. The van der Waals surface area contributed by atoms with Gasteiger partial charge in [-0.2, -0.15) is 0 Å². The lowest BCUT2D eigenvalue weighted by Crippen LogP contribution is -2.34. The van der Waals surface area contributed by atoms with Gasteiger partial charge < -0.3 is 0 Å². The maximum atomic E-state index is 13.6. The molecule has 0 aliphatic carbocycles. The molecule has 3 aromatic rings. The molecule has 2 heterocycles. The number of nitrogens with zero attached hydrogens (tertiary/aromatic N) is 2. The molecule has 1 atom stereocenters. The third kappa shape index (κ3) is 3.17. The van der Waals surface area contributed by atoms with E-state index in [2.05, 4.69) is 0 Å². The monoisotopic (exact) mass is 434 g/mol. The number of amides is 1. The first-order valence-corrected chi connectivity index (χ1v) is 10.9. The fourth-order valence-corrected chi connectivity index (χ4v) is 5.10. The molecule has 0 spiro atoms. The fraction of sp³-hybridized carbons (Fsp3) is 0.200. The average molecular weight is 435 g/mol. The first kappa shape index (κ1) is 19.2. The van der Waals surface area contributed by atoms with E-state index in [4.69, 9.17) is 11.6 Å². The highest BCUT2D eigenvalue weighted by atomic mass is 35.5. The molecule has 1 aliphatic rings. The highest BCUT2D eigenvalue weighted by Gasteiger charge is 2.37. The molecule has 1 aromatic heterocycles. The lowest BCUT2D eigenvalue weighted by molar-refractivity contribution is -0.118. The molecule has 0 radical (unpaired) electrons. The van der Waals surface area contributed by atoms with E-state index < -0.39 is 5.82 Å². The summed E-state index contributed by atoms with van der Waals surface area (Å²) in [6, 6.07) is 12.2.